The summed E-state index contributed by atoms with van der Waals surface area (Å²) in [5, 5.41) is 4.00. The van der Waals surface area contributed by atoms with E-state index in [-0.39, 0.29) is 10.9 Å². The van der Waals surface area contributed by atoms with Crippen molar-refractivity contribution in [1.82, 2.24) is 14.5 Å². The van der Waals surface area contributed by atoms with Crippen LogP contribution in [0.4, 0.5) is 0 Å². The van der Waals surface area contributed by atoms with Crippen molar-refractivity contribution in [1.29, 1.82) is 0 Å². The summed E-state index contributed by atoms with van der Waals surface area (Å²) in [5.74, 6) is 0. The molecule has 0 bridgehead atoms. The Morgan fingerprint density at radius 2 is 2.21 bits per heavy atom. The van der Waals surface area contributed by atoms with E-state index in [1.54, 1.807) is 14.0 Å². The molecule has 0 saturated heterocycles. The molecule has 14 heavy (non-hydrogen) atoms. The molecule has 0 atom stereocenters. The summed E-state index contributed by atoms with van der Waals surface area (Å²) in [6.07, 6.45) is 3.41. The number of nitrogens with one attached hydrogen (secondary N) is 1. The predicted molar refractivity (Wildman–Crippen MR) is 51.3 cm³/mol. The molecule has 0 aliphatic heterocycles. The summed E-state index contributed by atoms with van der Waals surface area (Å²) in [7, 11) is -1.63. The molecular weight excluding hydrogens is 202 g/mol. The van der Waals surface area contributed by atoms with Crippen LogP contribution in [-0.4, -0.2) is 24.2 Å². The van der Waals surface area contributed by atoms with Gasteiger partial charge in [0.15, 0.2) is 0 Å². The van der Waals surface area contributed by atoms with E-state index in [0.717, 1.165) is 12.8 Å². The van der Waals surface area contributed by atoms with Gasteiger partial charge < -0.3 is 0 Å². The predicted octanol–water partition coefficient (Wildman–Crippen LogP) is 0.169. The van der Waals surface area contributed by atoms with E-state index in [2.05, 4.69) is 9.82 Å². The molecule has 1 N–H and O–H groups in total. The molecule has 1 fully saturated rings. The quantitative estimate of drug-likeness (QED) is 0.781. The minimum Gasteiger partial charge on any atom is -0.274 e. The van der Waals surface area contributed by atoms with Crippen molar-refractivity contribution in [3.05, 3.63) is 11.9 Å². The van der Waals surface area contributed by atoms with Crippen LogP contribution in [0.3, 0.4) is 0 Å². The highest BCUT2D eigenvalue weighted by molar-refractivity contribution is 7.89. The van der Waals surface area contributed by atoms with Gasteiger partial charge in [-0.3, -0.25) is 4.68 Å². The van der Waals surface area contributed by atoms with Gasteiger partial charge in [0.1, 0.15) is 4.90 Å². The molecule has 6 heteroatoms. The van der Waals surface area contributed by atoms with Crippen LogP contribution in [0.2, 0.25) is 0 Å². The van der Waals surface area contributed by atoms with E-state index in [9.17, 15) is 8.42 Å². The number of rotatable bonds is 3. The number of aryl methyl sites for hydroxylation is 2. The molecule has 1 aromatic heterocycles. The van der Waals surface area contributed by atoms with Gasteiger partial charge in [-0.15, -0.1) is 0 Å². The first-order valence-electron chi connectivity index (χ1n) is 4.51. The van der Waals surface area contributed by atoms with Crippen LogP contribution in [0.25, 0.3) is 0 Å². The summed E-state index contributed by atoms with van der Waals surface area (Å²) in [5.41, 5.74) is 0.542. The number of sulfonamides is 1. The lowest BCUT2D eigenvalue weighted by atomic mass is 10.5. The normalized spacial score (nSPS) is 17.3. The molecule has 2 rings (SSSR count). The Labute approximate surface area is 83.2 Å². The molecule has 0 radical (unpaired) electrons. The number of hydrogen-bond donors (Lipinski definition) is 1. The van der Waals surface area contributed by atoms with Crippen LogP contribution in [0, 0.1) is 6.92 Å². The fourth-order valence-electron chi connectivity index (χ4n) is 1.33. The van der Waals surface area contributed by atoms with E-state index >= 15 is 0 Å². The Bertz CT molecular complexity index is 445. The second-order valence-corrected chi connectivity index (χ2v) is 5.33. The molecule has 1 aliphatic rings. The van der Waals surface area contributed by atoms with Crippen molar-refractivity contribution in [2.24, 2.45) is 7.05 Å². The Kier molecular flexibility index (Phi) is 2.11. The van der Waals surface area contributed by atoms with Crippen LogP contribution >= 0.6 is 0 Å². The van der Waals surface area contributed by atoms with Crippen molar-refractivity contribution >= 4 is 10.0 Å². The Balaban J connectivity index is 2.32. The minimum atomic E-state index is -3.34. The molecule has 1 aliphatic carbocycles. The SMILES string of the molecule is Cc1nn(C)cc1S(=O)(=O)NC1CC1. The maximum atomic E-state index is 11.8. The maximum Gasteiger partial charge on any atom is 0.244 e. The molecule has 1 saturated carbocycles. The van der Waals surface area contributed by atoms with Gasteiger partial charge in [-0.25, -0.2) is 13.1 Å². The first-order chi connectivity index (χ1) is 6.49. The molecular formula is C8H13N3O2S. The molecule has 78 valence electrons. The molecule has 0 spiro atoms. The highest BCUT2D eigenvalue weighted by Gasteiger charge is 2.29. The Hall–Kier alpha value is -0.880. The lowest BCUT2D eigenvalue weighted by Crippen LogP contribution is -2.25. The minimum absolute atomic E-state index is 0.139. The second kappa shape index (κ2) is 3.06. The molecule has 0 amide bonds. The third-order valence-corrected chi connectivity index (χ3v) is 3.78. The van der Waals surface area contributed by atoms with Crippen LogP contribution in [0.1, 0.15) is 18.5 Å². The van der Waals surface area contributed by atoms with Crippen molar-refractivity contribution in [2.75, 3.05) is 0 Å². The highest BCUT2D eigenvalue weighted by Crippen LogP contribution is 2.22. The average molecular weight is 215 g/mol. The monoisotopic (exact) mass is 215 g/mol. The van der Waals surface area contributed by atoms with Crippen molar-refractivity contribution < 1.29 is 8.42 Å². The second-order valence-electron chi connectivity index (χ2n) is 3.65. The zero-order valence-corrected chi connectivity index (χ0v) is 9.00. The zero-order chi connectivity index (χ0) is 10.3. The third kappa shape index (κ3) is 1.80. The van der Waals surface area contributed by atoms with Gasteiger partial charge in [0.2, 0.25) is 10.0 Å². The molecule has 0 unspecified atom stereocenters. The lowest BCUT2D eigenvalue weighted by molar-refractivity contribution is 0.580. The maximum absolute atomic E-state index is 11.8. The fraction of sp³-hybridized carbons (Fsp3) is 0.625. The molecule has 0 aromatic carbocycles. The highest BCUT2D eigenvalue weighted by atomic mass is 32.2. The summed E-state index contributed by atoms with van der Waals surface area (Å²) in [6, 6.07) is 0.139. The number of aromatic nitrogens is 2. The van der Waals surface area contributed by atoms with Crippen LogP contribution < -0.4 is 4.72 Å². The summed E-state index contributed by atoms with van der Waals surface area (Å²) in [4.78, 5) is 0.284. The van der Waals surface area contributed by atoms with Crippen LogP contribution in [0.15, 0.2) is 11.1 Å². The lowest BCUT2D eigenvalue weighted by Gasteiger charge is -2.02. The van der Waals surface area contributed by atoms with Crippen molar-refractivity contribution in [2.45, 2.75) is 30.7 Å². The standard InChI is InChI=1S/C8H13N3O2S/c1-6-8(5-11(2)9-6)14(12,13)10-7-3-4-7/h5,7,10H,3-4H2,1-2H3. The van der Waals surface area contributed by atoms with Gasteiger partial charge >= 0.3 is 0 Å². The summed E-state index contributed by atoms with van der Waals surface area (Å²) in [6.45, 7) is 1.70. The Morgan fingerprint density at radius 1 is 1.57 bits per heavy atom. The van der Waals surface area contributed by atoms with E-state index in [0.29, 0.717) is 5.69 Å². The smallest absolute Gasteiger partial charge is 0.244 e. The summed E-state index contributed by atoms with van der Waals surface area (Å²) >= 11 is 0. The van der Waals surface area contributed by atoms with Crippen LogP contribution in [0.5, 0.6) is 0 Å². The number of nitrogens with zero attached hydrogens (tertiary/aromatic N) is 2. The van der Waals surface area contributed by atoms with E-state index < -0.39 is 10.0 Å². The first-order valence-corrected chi connectivity index (χ1v) is 6.00. The zero-order valence-electron chi connectivity index (χ0n) is 8.19. The van der Waals surface area contributed by atoms with Gasteiger partial charge in [-0.05, 0) is 19.8 Å². The van der Waals surface area contributed by atoms with Gasteiger partial charge in [0.05, 0.1) is 5.69 Å². The van der Waals surface area contributed by atoms with Crippen molar-refractivity contribution in [3.8, 4) is 0 Å². The van der Waals surface area contributed by atoms with Gasteiger partial charge in [-0.2, -0.15) is 5.10 Å². The van der Waals surface area contributed by atoms with E-state index in [1.165, 1.54) is 10.9 Å². The van der Waals surface area contributed by atoms with Gasteiger partial charge in [0.25, 0.3) is 0 Å². The first kappa shape index (κ1) is 9.67. The van der Waals surface area contributed by atoms with Crippen molar-refractivity contribution in [3.63, 3.8) is 0 Å². The summed E-state index contributed by atoms with van der Waals surface area (Å²) < 4.78 is 27.6. The topological polar surface area (TPSA) is 64.0 Å². The average Bonchev–Trinajstić information content (AvgIpc) is 2.76. The molecule has 1 heterocycles. The Morgan fingerprint density at radius 3 is 2.64 bits per heavy atom. The molecule has 5 nitrogen and oxygen atoms in total. The third-order valence-electron chi connectivity index (χ3n) is 2.16. The van der Waals surface area contributed by atoms with E-state index in [1.807, 2.05) is 0 Å². The number of hydrogen-bond acceptors (Lipinski definition) is 3. The van der Waals surface area contributed by atoms with Gasteiger partial charge in [-0.1, -0.05) is 0 Å². The van der Waals surface area contributed by atoms with Crippen LogP contribution in [-0.2, 0) is 17.1 Å². The molecule has 1 aromatic rings. The largest absolute Gasteiger partial charge is 0.274 e. The van der Waals surface area contributed by atoms with E-state index in [4.69, 9.17) is 0 Å². The fourth-order valence-corrected chi connectivity index (χ4v) is 2.85. The van der Waals surface area contributed by atoms with Gasteiger partial charge in [0, 0.05) is 19.3 Å².